The molecule has 0 aliphatic heterocycles. The molecule has 2 N–H and O–H groups in total. The van der Waals surface area contributed by atoms with Crippen molar-refractivity contribution in [1.29, 1.82) is 0 Å². The van der Waals surface area contributed by atoms with E-state index in [9.17, 15) is 9.59 Å². The minimum absolute atomic E-state index is 0.102. The molecule has 2 aromatic carbocycles. The Morgan fingerprint density at radius 1 is 1.13 bits per heavy atom. The maximum atomic E-state index is 12.2. The predicted molar refractivity (Wildman–Crippen MR) is 116 cm³/mol. The number of benzene rings is 2. The van der Waals surface area contributed by atoms with Crippen molar-refractivity contribution in [2.75, 3.05) is 24.7 Å². The van der Waals surface area contributed by atoms with Gasteiger partial charge in [-0.3, -0.25) is 14.2 Å². The number of hydrogen-bond acceptors (Lipinski definition) is 6. The number of aryl methyl sites for hydroxylation is 1. The summed E-state index contributed by atoms with van der Waals surface area (Å²) in [5.74, 6) is 0.280. The smallest absolute Gasteiger partial charge is 0.243 e. The van der Waals surface area contributed by atoms with Crippen molar-refractivity contribution in [3.05, 3.63) is 59.9 Å². The van der Waals surface area contributed by atoms with Crippen molar-refractivity contribution in [1.82, 2.24) is 20.1 Å². The first kappa shape index (κ1) is 21.4. The summed E-state index contributed by atoms with van der Waals surface area (Å²) in [5.41, 5.74) is 3.67. The second-order valence-electron chi connectivity index (χ2n) is 6.55. The number of hydrogen-bond donors (Lipinski definition) is 2. The van der Waals surface area contributed by atoms with Crippen LogP contribution in [-0.2, 0) is 9.59 Å². The van der Waals surface area contributed by atoms with Crippen molar-refractivity contribution in [2.45, 2.75) is 19.0 Å². The zero-order valence-electron chi connectivity index (χ0n) is 17.0. The third-order valence-corrected chi connectivity index (χ3v) is 5.45. The standard InChI is InChI=1S/C21H23N5O3S/c1-14-6-4-9-18(15(14)2)24-19(27)11-22-20(28)12-30-21-25-23-13-26(21)16-7-5-8-17(10-16)29-3/h4-10,13H,11-12H2,1-3H3,(H,22,28)(H,24,27). The summed E-state index contributed by atoms with van der Waals surface area (Å²) >= 11 is 1.23. The molecule has 3 aromatic rings. The molecule has 30 heavy (non-hydrogen) atoms. The van der Waals surface area contributed by atoms with E-state index in [-0.39, 0.29) is 24.1 Å². The number of methoxy groups -OCH3 is 1. The number of nitrogens with zero attached hydrogens (tertiary/aromatic N) is 3. The number of anilines is 1. The van der Waals surface area contributed by atoms with Crippen LogP contribution in [0.2, 0.25) is 0 Å². The van der Waals surface area contributed by atoms with Crippen LogP contribution < -0.4 is 15.4 Å². The fourth-order valence-electron chi connectivity index (χ4n) is 2.70. The molecule has 0 aliphatic carbocycles. The van der Waals surface area contributed by atoms with Crippen LogP contribution in [0.1, 0.15) is 11.1 Å². The van der Waals surface area contributed by atoms with Crippen molar-refractivity contribution >= 4 is 29.3 Å². The van der Waals surface area contributed by atoms with Gasteiger partial charge in [0.25, 0.3) is 0 Å². The van der Waals surface area contributed by atoms with Gasteiger partial charge in [-0.15, -0.1) is 10.2 Å². The fourth-order valence-corrected chi connectivity index (χ4v) is 3.46. The Morgan fingerprint density at radius 3 is 2.73 bits per heavy atom. The Labute approximate surface area is 179 Å². The normalized spacial score (nSPS) is 10.5. The van der Waals surface area contributed by atoms with Crippen LogP contribution in [0.25, 0.3) is 5.69 Å². The summed E-state index contributed by atoms with van der Waals surface area (Å²) in [6, 6.07) is 13.2. The predicted octanol–water partition coefficient (Wildman–Crippen LogP) is 2.74. The average molecular weight is 426 g/mol. The highest BCUT2D eigenvalue weighted by Crippen LogP contribution is 2.22. The lowest BCUT2D eigenvalue weighted by atomic mass is 10.1. The van der Waals surface area contributed by atoms with Crippen molar-refractivity contribution in [3.63, 3.8) is 0 Å². The Balaban J connectivity index is 1.51. The molecule has 0 atom stereocenters. The number of carbonyl (C=O) groups excluding carboxylic acids is 2. The molecular weight excluding hydrogens is 402 g/mol. The molecule has 0 radical (unpaired) electrons. The molecule has 0 aliphatic rings. The second-order valence-corrected chi connectivity index (χ2v) is 7.49. The third-order valence-electron chi connectivity index (χ3n) is 4.51. The average Bonchev–Trinajstić information content (AvgIpc) is 3.23. The fraction of sp³-hybridized carbons (Fsp3) is 0.238. The lowest BCUT2D eigenvalue weighted by molar-refractivity contribution is -0.122. The van der Waals surface area contributed by atoms with Gasteiger partial charge in [0.15, 0.2) is 5.16 Å². The van der Waals surface area contributed by atoms with Crippen molar-refractivity contribution in [2.24, 2.45) is 0 Å². The molecule has 1 heterocycles. The van der Waals surface area contributed by atoms with E-state index in [0.29, 0.717) is 10.9 Å². The van der Waals surface area contributed by atoms with E-state index < -0.39 is 0 Å². The number of rotatable bonds is 8. The molecule has 0 fully saturated rings. The molecule has 0 bridgehead atoms. The van der Waals surface area contributed by atoms with Crippen LogP contribution in [0.4, 0.5) is 5.69 Å². The summed E-state index contributed by atoms with van der Waals surface area (Å²) < 4.78 is 7.01. The van der Waals surface area contributed by atoms with Crippen molar-refractivity contribution in [3.8, 4) is 11.4 Å². The maximum Gasteiger partial charge on any atom is 0.243 e. The monoisotopic (exact) mass is 425 g/mol. The maximum absolute atomic E-state index is 12.2. The molecule has 9 heteroatoms. The van der Waals surface area contributed by atoms with Gasteiger partial charge in [-0.25, -0.2) is 0 Å². The molecule has 0 saturated heterocycles. The minimum atomic E-state index is -0.276. The van der Waals surface area contributed by atoms with Gasteiger partial charge in [-0.1, -0.05) is 30.0 Å². The molecule has 1 aromatic heterocycles. The first-order valence-electron chi connectivity index (χ1n) is 9.28. The first-order valence-corrected chi connectivity index (χ1v) is 10.3. The van der Waals surface area contributed by atoms with Crippen LogP contribution in [-0.4, -0.2) is 46.0 Å². The van der Waals surface area contributed by atoms with Gasteiger partial charge in [0.05, 0.1) is 25.1 Å². The molecule has 2 amide bonds. The first-order chi connectivity index (χ1) is 14.5. The number of thioether (sulfide) groups is 1. The van der Waals surface area contributed by atoms with Crippen molar-refractivity contribution < 1.29 is 14.3 Å². The quantitative estimate of drug-likeness (QED) is 0.539. The topological polar surface area (TPSA) is 98.1 Å². The highest BCUT2D eigenvalue weighted by molar-refractivity contribution is 7.99. The van der Waals surface area contributed by atoms with E-state index in [1.807, 2.05) is 56.3 Å². The van der Waals surface area contributed by atoms with Crippen LogP contribution in [0.3, 0.4) is 0 Å². The Kier molecular flexibility index (Phi) is 7.08. The van der Waals surface area contributed by atoms with E-state index >= 15 is 0 Å². The SMILES string of the molecule is COc1cccc(-n2cnnc2SCC(=O)NCC(=O)Nc2cccc(C)c2C)c1. The van der Waals surface area contributed by atoms with Gasteiger partial charge in [0.2, 0.25) is 11.8 Å². The van der Waals surface area contributed by atoms with Gasteiger partial charge in [-0.2, -0.15) is 0 Å². The lowest BCUT2D eigenvalue weighted by Crippen LogP contribution is -2.34. The summed E-state index contributed by atoms with van der Waals surface area (Å²) in [7, 11) is 1.60. The third kappa shape index (κ3) is 5.38. The van der Waals surface area contributed by atoms with E-state index in [4.69, 9.17) is 4.74 Å². The molecular formula is C21H23N5O3S. The zero-order chi connectivity index (χ0) is 21.5. The van der Waals surface area contributed by atoms with Gasteiger partial charge >= 0.3 is 0 Å². The summed E-state index contributed by atoms with van der Waals surface area (Å²) in [6.07, 6.45) is 1.58. The van der Waals surface area contributed by atoms with Crippen LogP contribution in [0.5, 0.6) is 5.75 Å². The highest BCUT2D eigenvalue weighted by atomic mass is 32.2. The second kappa shape index (κ2) is 9.93. The highest BCUT2D eigenvalue weighted by Gasteiger charge is 2.12. The summed E-state index contributed by atoms with van der Waals surface area (Å²) in [6.45, 7) is 3.82. The van der Waals surface area contributed by atoms with Gasteiger partial charge in [0.1, 0.15) is 12.1 Å². The van der Waals surface area contributed by atoms with Gasteiger partial charge in [-0.05, 0) is 43.2 Å². The lowest BCUT2D eigenvalue weighted by Gasteiger charge is -2.11. The van der Waals surface area contributed by atoms with E-state index in [1.54, 1.807) is 18.0 Å². The van der Waals surface area contributed by atoms with Crippen LogP contribution in [0.15, 0.2) is 53.9 Å². The Morgan fingerprint density at radius 2 is 1.93 bits per heavy atom. The van der Waals surface area contributed by atoms with Crippen LogP contribution in [0, 0.1) is 13.8 Å². The molecule has 0 saturated carbocycles. The van der Waals surface area contributed by atoms with E-state index in [1.165, 1.54) is 11.8 Å². The Bertz CT molecular complexity index is 1050. The molecule has 8 nitrogen and oxygen atoms in total. The molecule has 0 spiro atoms. The van der Waals surface area contributed by atoms with Crippen LogP contribution >= 0.6 is 11.8 Å². The minimum Gasteiger partial charge on any atom is -0.497 e. The van der Waals surface area contributed by atoms with Gasteiger partial charge in [0, 0.05) is 11.8 Å². The van der Waals surface area contributed by atoms with Gasteiger partial charge < -0.3 is 15.4 Å². The number of ether oxygens (including phenoxy) is 1. The largest absolute Gasteiger partial charge is 0.497 e. The Hall–Kier alpha value is -3.33. The zero-order valence-corrected chi connectivity index (χ0v) is 17.8. The van der Waals surface area contributed by atoms with E-state index in [0.717, 1.165) is 22.5 Å². The number of nitrogens with one attached hydrogen (secondary N) is 2. The van der Waals surface area contributed by atoms with E-state index in [2.05, 4.69) is 20.8 Å². The molecule has 156 valence electrons. The summed E-state index contributed by atoms with van der Waals surface area (Å²) in [4.78, 5) is 24.3. The number of aromatic nitrogens is 3. The number of carbonyl (C=O) groups is 2. The number of amides is 2. The summed E-state index contributed by atoms with van der Waals surface area (Å²) in [5, 5.41) is 14.0. The molecule has 3 rings (SSSR count). The molecule has 0 unspecified atom stereocenters.